The monoisotopic (exact) mass is 299 g/mol. The number of aryl methyl sites for hydroxylation is 4. The first-order chi connectivity index (χ1) is 10.6. The quantitative estimate of drug-likeness (QED) is 0.515. The second-order valence-corrected chi connectivity index (χ2v) is 6.54. The van der Waals surface area contributed by atoms with E-state index in [2.05, 4.69) is 61.8 Å². The topological polar surface area (TPSA) is 19.7 Å². The fourth-order valence-corrected chi connectivity index (χ4v) is 3.39. The SMILES string of the molecule is CCCCCCCCc1[nH]cc[n+]1-c1c(C)cc(C)cc1C. The summed E-state index contributed by atoms with van der Waals surface area (Å²) >= 11 is 0. The van der Waals surface area contributed by atoms with Crippen LogP contribution in [0.2, 0.25) is 0 Å². The maximum atomic E-state index is 3.44. The smallest absolute Gasteiger partial charge is 0.247 e. The van der Waals surface area contributed by atoms with Crippen LogP contribution in [0.25, 0.3) is 5.69 Å². The Kier molecular flexibility index (Phi) is 6.23. The Balaban J connectivity index is 2.04. The maximum Gasteiger partial charge on any atom is 0.259 e. The van der Waals surface area contributed by atoms with Gasteiger partial charge >= 0.3 is 0 Å². The Labute approximate surface area is 135 Å². The van der Waals surface area contributed by atoms with E-state index in [1.165, 1.54) is 66.7 Å². The predicted molar refractivity (Wildman–Crippen MR) is 93.6 cm³/mol. The minimum atomic E-state index is 1.13. The van der Waals surface area contributed by atoms with Gasteiger partial charge in [0.1, 0.15) is 18.1 Å². The summed E-state index contributed by atoms with van der Waals surface area (Å²) in [6.45, 7) is 8.87. The standard InChI is InChI=1S/C20H30N2/c1-5-6-7-8-9-10-11-19-21-12-13-22(19)20-17(3)14-16(2)15-18(20)4/h12-15H,5-11H2,1-4H3/p+1. The van der Waals surface area contributed by atoms with Crippen LogP contribution in [0.5, 0.6) is 0 Å². The van der Waals surface area contributed by atoms with Crippen LogP contribution in [-0.4, -0.2) is 4.98 Å². The third-order valence-corrected chi connectivity index (χ3v) is 4.41. The summed E-state index contributed by atoms with van der Waals surface area (Å²) in [6.07, 6.45) is 13.4. The Morgan fingerprint density at radius 2 is 1.55 bits per heavy atom. The van der Waals surface area contributed by atoms with Gasteiger partial charge in [-0.05, 0) is 38.3 Å². The number of rotatable bonds is 8. The molecule has 2 nitrogen and oxygen atoms in total. The molecule has 0 saturated heterocycles. The van der Waals surface area contributed by atoms with Crippen molar-refractivity contribution in [2.75, 3.05) is 0 Å². The molecule has 0 fully saturated rings. The zero-order chi connectivity index (χ0) is 15.9. The summed E-state index contributed by atoms with van der Waals surface area (Å²) in [6, 6.07) is 4.55. The lowest BCUT2D eigenvalue weighted by atomic mass is 10.0. The largest absolute Gasteiger partial charge is 0.259 e. The molecule has 0 spiro atoms. The van der Waals surface area contributed by atoms with E-state index in [9.17, 15) is 0 Å². The highest BCUT2D eigenvalue weighted by Gasteiger charge is 2.17. The number of imidazole rings is 1. The molecule has 0 aliphatic rings. The molecule has 0 amide bonds. The zero-order valence-electron chi connectivity index (χ0n) is 14.7. The van der Waals surface area contributed by atoms with Crippen molar-refractivity contribution >= 4 is 0 Å². The van der Waals surface area contributed by atoms with E-state index in [0.717, 1.165) is 6.42 Å². The van der Waals surface area contributed by atoms with Gasteiger partial charge in [-0.2, -0.15) is 4.57 Å². The molecule has 0 aliphatic heterocycles. The van der Waals surface area contributed by atoms with E-state index in [0.29, 0.717) is 0 Å². The number of aromatic amines is 1. The van der Waals surface area contributed by atoms with E-state index in [4.69, 9.17) is 0 Å². The lowest BCUT2D eigenvalue weighted by Crippen LogP contribution is -2.35. The van der Waals surface area contributed by atoms with Crippen LogP contribution in [-0.2, 0) is 6.42 Å². The number of unbranched alkanes of at least 4 members (excludes halogenated alkanes) is 5. The summed E-state index contributed by atoms with van der Waals surface area (Å²) in [4.78, 5) is 3.44. The second kappa shape index (κ2) is 8.17. The van der Waals surface area contributed by atoms with Crippen molar-refractivity contribution in [1.82, 2.24) is 4.98 Å². The summed E-state index contributed by atoms with van der Waals surface area (Å²) in [5.41, 5.74) is 5.39. The Morgan fingerprint density at radius 1 is 0.909 bits per heavy atom. The molecule has 0 bridgehead atoms. The van der Waals surface area contributed by atoms with Crippen molar-refractivity contribution in [3.8, 4) is 5.69 Å². The molecular weight excluding hydrogens is 268 g/mol. The predicted octanol–water partition coefficient (Wildman–Crippen LogP) is 5.12. The van der Waals surface area contributed by atoms with Crippen LogP contribution < -0.4 is 4.57 Å². The fraction of sp³-hybridized carbons (Fsp3) is 0.550. The van der Waals surface area contributed by atoms with Gasteiger partial charge in [-0.3, -0.25) is 0 Å². The average Bonchev–Trinajstić information content (AvgIpc) is 2.90. The molecular formula is C20H31N2+. The van der Waals surface area contributed by atoms with Crippen molar-refractivity contribution in [3.05, 3.63) is 47.0 Å². The highest BCUT2D eigenvalue weighted by molar-refractivity contribution is 5.43. The maximum absolute atomic E-state index is 3.44. The highest BCUT2D eigenvalue weighted by atomic mass is 15.1. The molecule has 1 aromatic heterocycles. The molecule has 1 N–H and O–H groups in total. The van der Waals surface area contributed by atoms with Gasteiger partial charge in [-0.25, -0.2) is 4.98 Å². The van der Waals surface area contributed by atoms with Crippen molar-refractivity contribution < 1.29 is 4.57 Å². The van der Waals surface area contributed by atoms with E-state index in [1.807, 2.05) is 0 Å². The lowest BCUT2D eigenvalue weighted by Gasteiger charge is -2.09. The van der Waals surface area contributed by atoms with E-state index < -0.39 is 0 Å². The molecule has 0 aliphatic carbocycles. The first-order valence-electron chi connectivity index (χ1n) is 8.79. The van der Waals surface area contributed by atoms with Gasteiger partial charge in [0.2, 0.25) is 0 Å². The highest BCUT2D eigenvalue weighted by Crippen LogP contribution is 2.17. The van der Waals surface area contributed by atoms with Crippen LogP contribution in [0.15, 0.2) is 24.5 Å². The van der Waals surface area contributed by atoms with Gasteiger partial charge < -0.3 is 0 Å². The molecule has 0 radical (unpaired) electrons. The van der Waals surface area contributed by atoms with Gasteiger partial charge in [0, 0.05) is 6.42 Å². The van der Waals surface area contributed by atoms with Crippen LogP contribution in [0.4, 0.5) is 0 Å². The third-order valence-electron chi connectivity index (χ3n) is 4.41. The summed E-state index contributed by atoms with van der Waals surface area (Å²) in [7, 11) is 0. The third kappa shape index (κ3) is 4.22. The van der Waals surface area contributed by atoms with Crippen molar-refractivity contribution in [2.24, 2.45) is 0 Å². The van der Waals surface area contributed by atoms with E-state index in [-0.39, 0.29) is 0 Å². The lowest BCUT2D eigenvalue weighted by molar-refractivity contribution is -0.603. The Morgan fingerprint density at radius 3 is 2.23 bits per heavy atom. The van der Waals surface area contributed by atoms with Crippen molar-refractivity contribution in [3.63, 3.8) is 0 Å². The number of H-pyrrole nitrogens is 1. The van der Waals surface area contributed by atoms with Crippen LogP contribution in [0.1, 0.15) is 68.0 Å². The first-order valence-corrected chi connectivity index (χ1v) is 8.79. The molecule has 1 heterocycles. The molecule has 2 heteroatoms. The number of aromatic nitrogens is 2. The Bertz CT molecular complexity index is 572. The normalized spacial score (nSPS) is 11.1. The zero-order valence-corrected chi connectivity index (χ0v) is 14.7. The Hall–Kier alpha value is -1.57. The van der Waals surface area contributed by atoms with Gasteiger partial charge in [0.15, 0.2) is 0 Å². The van der Waals surface area contributed by atoms with Gasteiger partial charge in [-0.1, -0.05) is 56.7 Å². The molecule has 120 valence electrons. The molecule has 22 heavy (non-hydrogen) atoms. The molecule has 2 rings (SSSR count). The number of hydrogen-bond donors (Lipinski definition) is 1. The molecule has 0 unspecified atom stereocenters. The summed E-state index contributed by atoms with van der Waals surface area (Å²) in [5.74, 6) is 1.32. The van der Waals surface area contributed by atoms with Crippen molar-refractivity contribution in [2.45, 2.75) is 72.6 Å². The summed E-state index contributed by atoms with van der Waals surface area (Å²) < 4.78 is 2.34. The number of nitrogens with zero attached hydrogens (tertiary/aromatic N) is 1. The van der Waals surface area contributed by atoms with Crippen LogP contribution in [0, 0.1) is 20.8 Å². The van der Waals surface area contributed by atoms with Crippen LogP contribution in [0.3, 0.4) is 0 Å². The van der Waals surface area contributed by atoms with Gasteiger partial charge in [0.25, 0.3) is 5.82 Å². The number of hydrogen-bond acceptors (Lipinski definition) is 0. The molecule has 0 saturated carbocycles. The van der Waals surface area contributed by atoms with Crippen LogP contribution >= 0.6 is 0 Å². The number of nitrogens with one attached hydrogen (secondary N) is 1. The minimum absolute atomic E-state index is 1.13. The second-order valence-electron chi connectivity index (χ2n) is 6.54. The van der Waals surface area contributed by atoms with Gasteiger partial charge in [0.05, 0.1) is 0 Å². The van der Waals surface area contributed by atoms with Crippen molar-refractivity contribution in [1.29, 1.82) is 0 Å². The molecule has 0 atom stereocenters. The van der Waals surface area contributed by atoms with E-state index in [1.54, 1.807) is 0 Å². The summed E-state index contributed by atoms with van der Waals surface area (Å²) in [5, 5.41) is 0. The van der Waals surface area contributed by atoms with Gasteiger partial charge in [-0.15, -0.1) is 0 Å². The molecule has 2 aromatic rings. The number of benzene rings is 1. The molecule has 1 aromatic carbocycles. The van der Waals surface area contributed by atoms with E-state index >= 15 is 0 Å². The minimum Gasteiger partial charge on any atom is -0.247 e. The fourth-order valence-electron chi connectivity index (χ4n) is 3.39. The average molecular weight is 299 g/mol. The first kappa shape index (κ1) is 16.8.